The minimum Gasteiger partial charge on any atom is -0.368 e. The molecule has 0 radical (unpaired) electrons. The van der Waals surface area contributed by atoms with Crippen molar-refractivity contribution in [3.63, 3.8) is 0 Å². The zero-order valence-corrected chi connectivity index (χ0v) is 19.5. The zero-order chi connectivity index (χ0) is 23.7. The van der Waals surface area contributed by atoms with E-state index in [1.54, 1.807) is 13.8 Å². The molecule has 1 saturated heterocycles. The standard InChI is InChI=1S/C23H33F3N2O3S/c1-22(2,32(30,31)19-10-6-9-18(15-19)23(24,25)26)17-11-13-28(14-12-17)20(21(27)29)16-7-4-3-5-8-16/h6,9-10,15-17,20H,3-5,7-8,11-14H2,1-2H3,(H2,27,29)/t20-/m0/s1. The van der Waals surface area contributed by atoms with E-state index >= 15 is 0 Å². The first kappa shape index (κ1) is 25.0. The molecule has 2 aliphatic rings. The van der Waals surface area contributed by atoms with Gasteiger partial charge in [0, 0.05) is 0 Å². The van der Waals surface area contributed by atoms with Crippen LogP contribution in [-0.2, 0) is 20.8 Å². The van der Waals surface area contributed by atoms with Crippen molar-refractivity contribution in [2.75, 3.05) is 13.1 Å². The van der Waals surface area contributed by atoms with Gasteiger partial charge in [-0.05, 0) is 82.7 Å². The first-order valence-electron chi connectivity index (χ1n) is 11.3. The molecule has 2 N–H and O–H groups in total. The maximum atomic E-state index is 13.3. The number of nitrogens with zero attached hydrogens (tertiary/aromatic N) is 1. The Labute approximate surface area is 188 Å². The molecule has 9 heteroatoms. The van der Waals surface area contributed by atoms with E-state index in [2.05, 4.69) is 4.90 Å². The van der Waals surface area contributed by atoms with Crippen molar-refractivity contribution in [3.8, 4) is 0 Å². The summed E-state index contributed by atoms with van der Waals surface area (Å²) in [5.74, 6) is -0.330. The quantitative estimate of drug-likeness (QED) is 0.663. The van der Waals surface area contributed by atoms with Crippen LogP contribution in [0.4, 0.5) is 13.2 Å². The lowest BCUT2D eigenvalue weighted by atomic mass is 9.80. The van der Waals surface area contributed by atoms with E-state index in [1.165, 1.54) is 12.5 Å². The summed E-state index contributed by atoms with van der Waals surface area (Å²) in [6, 6.07) is 3.63. The number of rotatable bonds is 6. The smallest absolute Gasteiger partial charge is 0.368 e. The monoisotopic (exact) mass is 474 g/mol. The fourth-order valence-electron chi connectivity index (χ4n) is 5.40. The SMILES string of the molecule is CC(C)(C1CCN([C@H](C(N)=O)C2CCCCC2)CC1)S(=O)(=O)c1cccc(C(F)(F)F)c1. The zero-order valence-electron chi connectivity index (χ0n) is 18.7. The molecule has 5 nitrogen and oxygen atoms in total. The maximum absolute atomic E-state index is 13.3. The second-order valence-electron chi connectivity index (χ2n) is 9.69. The molecule has 1 amide bonds. The van der Waals surface area contributed by atoms with Crippen LogP contribution in [0.2, 0.25) is 0 Å². The number of sulfone groups is 1. The summed E-state index contributed by atoms with van der Waals surface area (Å²) in [6.45, 7) is 4.29. The Morgan fingerprint density at radius 1 is 1.06 bits per heavy atom. The largest absolute Gasteiger partial charge is 0.416 e. The molecule has 0 bridgehead atoms. The van der Waals surface area contributed by atoms with Gasteiger partial charge in [-0.3, -0.25) is 9.69 Å². The van der Waals surface area contributed by atoms with Crippen molar-refractivity contribution in [2.45, 2.75) is 80.7 Å². The van der Waals surface area contributed by atoms with Crippen LogP contribution >= 0.6 is 0 Å². The first-order valence-corrected chi connectivity index (χ1v) is 12.8. The number of hydrogen-bond acceptors (Lipinski definition) is 4. The third kappa shape index (κ3) is 4.98. The molecule has 2 fully saturated rings. The van der Waals surface area contributed by atoms with Gasteiger partial charge in [-0.2, -0.15) is 13.2 Å². The molecule has 180 valence electrons. The van der Waals surface area contributed by atoms with Crippen LogP contribution in [0.3, 0.4) is 0 Å². The highest BCUT2D eigenvalue weighted by Crippen LogP contribution is 2.40. The molecule has 1 heterocycles. The second kappa shape index (κ2) is 9.33. The Bertz CT molecular complexity index is 917. The van der Waals surface area contributed by atoms with Crippen LogP contribution in [0.1, 0.15) is 64.4 Å². The lowest BCUT2D eigenvalue weighted by Crippen LogP contribution is -2.54. The van der Waals surface area contributed by atoms with Gasteiger partial charge in [-0.1, -0.05) is 25.3 Å². The van der Waals surface area contributed by atoms with E-state index in [1.807, 2.05) is 0 Å². The van der Waals surface area contributed by atoms with Crippen molar-refractivity contribution in [1.29, 1.82) is 0 Å². The third-order valence-electron chi connectivity index (χ3n) is 7.46. The highest BCUT2D eigenvalue weighted by Gasteiger charge is 2.46. The number of carbonyl (C=O) groups excluding carboxylic acids is 1. The Morgan fingerprint density at radius 3 is 2.19 bits per heavy atom. The number of carbonyl (C=O) groups is 1. The Hall–Kier alpha value is -1.61. The topological polar surface area (TPSA) is 80.5 Å². The van der Waals surface area contributed by atoms with Gasteiger partial charge in [0.2, 0.25) is 5.91 Å². The van der Waals surface area contributed by atoms with E-state index in [0.29, 0.717) is 25.9 Å². The maximum Gasteiger partial charge on any atom is 0.416 e. The second-order valence-corrected chi connectivity index (χ2v) is 12.2. The summed E-state index contributed by atoms with van der Waals surface area (Å²) in [5, 5.41) is 0. The Morgan fingerprint density at radius 2 is 1.66 bits per heavy atom. The summed E-state index contributed by atoms with van der Waals surface area (Å²) in [4.78, 5) is 14.0. The van der Waals surface area contributed by atoms with Crippen molar-refractivity contribution in [3.05, 3.63) is 29.8 Å². The Balaban J connectivity index is 1.75. The average molecular weight is 475 g/mol. The molecular weight excluding hydrogens is 441 g/mol. The van der Waals surface area contributed by atoms with E-state index in [-0.39, 0.29) is 28.7 Å². The van der Waals surface area contributed by atoms with Gasteiger partial charge < -0.3 is 5.73 Å². The summed E-state index contributed by atoms with van der Waals surface area (Å²) in [7, 11) is -4.01. The molecule has 1 aliphatic heterocycles. The van der Waals surface area contributed by atoms with Crippen LogP contribution in [0, 0.1) is 11.8 Å². The van der Waals surface area contributed by atoms with Gasteiger partial charge in [-0.15, -0.1) is 0 Å². The first-order chi connectivity index (χ1) is 14.9. The average Bonchev–Trinajstić information content (AvgIpc) is 2.74. The number of likely N-dealkylation sites (tertiary alicyclic amines) is 1. The molecule has 1 aromatic carbocycles. The molecule has 32 heavy (non-hydrogen) atoms. The fraction of sp³-hybridized carbons (Fsp3) is 0.696. The Kier molecular flexibility index (Phi) is 7.29. The molecule has 1 aliphatic carbocycles. The van der Waals surface area contributed by atoms with E-state index in [9.17, 15) is 26.4 Å². The van der Waals surface area contributed by atoms with Crippen molar-refractivity contribution in [2.24, 2.45) is 17.6 Å². The highest BCUT2D eigenvalue weighted by atomic mass is 32.2. The number of alkyl halides is 3. The van der Waals surface area contributed by atoms with Crippen LogP contribution < -0.4 is 5.73 Å². The predicted octanol–water partition coefficient (Wildman–Crippen LogP) is 4.40. The lowest BCUT2D eigenvalue weighted by molar-refractivity contribution is -0.137. The predicted molar refractivity (Wildman–Crippen MR) is 117 cm³/mol. The number of benzene rings is 1. The van der Waals surface area contributed by atoms with Crippen LogP contribution in [0.25, 0.3) is 0 Å². The van der Waals surface area contributed by atoms with Crippen LogP contribution in [-0.4, -0.2) is 43.1 Å². The summed E-state index contributed by atoms with van der Waals surface area (Å²) in [6.07, 6.45) is 1.78. The molecule has 3 rings (SSSR count). The van der Waals surface area contributed by atoms with Crippen molar-refractivity contribution < 1.29 is 26.4 Å². The van der Waals surface area contributed by atoms with Gasteiger partial charge >= 0.3 is 6.18 Å². The van der Waals surface area contributed by atoms with Crippen LogP contribution in [0.5, 0.6) is 0 Å². The molecule has 0 unspecified atom stereocenters. The number of hydrogen-bond donors (Lipinski definition) is 1. The summed E-state index contributed by atoms with van der Waals surface area (Å²) < 4.78 is 64.8. The van der Waals surface area contributed by atoms with E-state index in [0.717, 1.165) is 43.9 Å². The van der Waals surface area contributed by atoms with E-state index in [4.69, 9.17) is 5.73 Å². The number of nitrogens with two attached hydrogens (primary N) is 1. The minimum absolute atomic E-state index is 0.236. The fourth-order valence-corrected chi connectivity index (χ4v) is 7.22. The summed E-state index contributed by atoms with van der Waals surface area (Å²) >= 11 is 0. The molecular formula is C23H33F3N2O3S. The van der Waals surface area contributed by atoms with Crippen LogP contribution in [0.15, 0.2) is 29.2 Å². The normalized spacial score (nSPS) is 21.4. The third-order valence-corrected chi connectivity index (χ3v) is 10.1. The highest BCUT2D eigenvalue weighted by molar-refractivity contribution is 7.92. The molecule has 1 atom stereocenters. The molecule has 0 aromatic heterocycles. The molecule has 1 aromatic rings. The molecule has 0 spiro atoms. The van der Waals surface area contributed by atoms with Gasteiger partial charge in [-0.25, -0.2) is 8.42 Å². The lowest BCUT2D eigenvalue weighted by Gasteiger charge is -2.44. The van der Waals surface area contributed by atoms with Gasteiger partial charge in [0.05, 0.1) is 21.2 Å². The number of halogens is 3. The number of piperidine rings is 1. The number of amides is 1. The molecule has 1 saturated carbocycles. The van der Waals surface area contributed by atoms with Gasteiger partial charge in [0.1, 0.15) is 0 Å². The number of primary amides is 1. The van der Waals surface area contributed by atoms with Crippen molar-refractivity contribution in [1.82, 2.24) is 4.90 Å². The van der Waals surface area contributed by atoms with Gasteiger partial charge in [0.15, 0.2) is 9.84 Å². The summed E-state index contributed by atoms with van der Waals surface area (Å²) in [5.41, 5.74) is 4.77. The van der Waals surface area contributed by atoms with E-state index < -0.39 is 26.3 Å². The van der Waals surface area contributed by atoms with Gasteiger partial charge in [0.25, 0.3) is 0 Å². The van der Waals surface area contributed by atoms with Crippen molar-refractivity contribution >= 4 is 15.7 Å². The minimum atomic E-state index is -4.61.